The molecule has 0 fully saturated rings. The van der Waals surface area contributed by atoms with E-state index in [0.29, 0.717) is 5.71 Å². The Labute approximate surface area is 99.8 Å². The van der Waals surface area contributed by atoms with Crippen molar-refractivity contribution in [2.24, 2.45) is 10.1 Å². The molecule has 0 aliphatic heterocycles. The van der Waals surface area contributed by atoms with Gasteiger partial charge in [0.1, 0.15) is 5.71 Å². The Morgan fingerprint density at radius 3 is 2.06 bits per heavy atom. The average molecular weight is 224 g/mol. The van der Waals surface area contributed by atoms with Crippen LogP contribution in [-0.2, 0) is 0 Å². The molecule has 0 amide bonds. The van der Waals surface area contributed by atoms with Gasteiger partial charge in [0.15, 0.2) is 0 Å². The quantitative estimate of drug-likeness (QED) is 0.485. The first kappa shape index (κ1) is 11.1. The van der Waals surface area contributed by atoms with Crippen molar-refractivity contribution in [3.05, 3.63) is 66.2 Å². The van der Waals surface area contributed by atoms with E-state index in [1.165, 1.54) is 0 Å². The van der Waals surface area contributed by atoms with Crippen molar-refractivity contribution in [2.45, 2.75) is 0 Å². The SMILES string of the molecule is ON=C(C=Nc1ccccc1)c1ccccc1. The van der Waals surface area contributed by atoms with Crippen LogP contribution in [0.15, 0.2) is 70.8 Å². The van der Waals surface area contributed by atoms with E-state index in [4.69, 9.17) is 5.21 Å². The molecule has 0 unspecified atom stereocenters. The number of hydrogen-bond donors (Lipinski definition) is 1. The molecule has 1 N–H and O–H groups in total. The second-order valence-corrected chi connectivity index (χ2v) is 3.45. The van der Waals surface area contributed by atoms with E-state index in [2.05, 4.69) is 10.1 Å². The number of aliphatic imine (C=N–C) groups is 1. The normalized spacial score (nSPS) is 11.9. The smallest absolute Gasteiger partial charge is 0.128 e. The molecule has 0 radical (unpaired) electrons. The number of benzene rings is 2. The summed E-state index contributed by atoms with van der Waals surface area (Å²) >= 11 is 0. The third kappa shape index (κ3) is 3.01. The van der Waals surface area contributed by atoms with E-state index < -0.39 is 0 Å². The van der Waals surface area contributed by atoms with Crippen molar-refractivity contribution in [1.29, 1.82) is 0 Å². The summed E-state index contributed by atoms with van der Waals surface area (Å²) in [5, 5.41) is 12.2. The van der Waals surface area contributed by atoms with Gasteiger partial charge in [0, 0.05) is 5.56 Å². The van der Waals surface area contributed by atoms with Crippen LogP contribution in [0, 0.1) is 0 Å². The summed E-state index contributed by atoms with van der Waals surface area (Å²) in [7, 11) is 0. The van der Waals surface area contributed by atoms with Crippen LogP contribution < -0.4 is 0 Å². The molecule has 2 aromatic carbocycles. The number of para-hydroxylation sites is 1. The first-order valence-corrected chi connectivity index (χ1v) is 5.27. The highest BCUT2D eigenvalue weighted by atomic mass is 16.4. The lowest BCUT2D eigenvalue weighted by Gasteiger charge is -1.97. The van der Waals surface area contributed by atoms with Crippen LogP contribution in [0.4, 0.5) is 5.69 Å². The van der Waals surface area contributed by atoms with Crippen molar-refractivity contribution in [1.82, 2.24) is 0 Å². The van der Waals surface area contributed by atoms with Crippen molar-refractivity contribution in [3.63, 3.8) is 0 Å². The van der Waals surface area contributed by atoms with E-state index in [1.54, 1.807) is 6.21 Å². The third-order valence-electron chi connectivity index (χ3n) is 2.27. The second kappa shape index (κ2) is 5.61. The second-order valence-electron chi connectivity index (χ2n) is 3.45. The zero-order valence-electron chi connectivity index (χ0n) is 9.19. The van der Waals surface area contributed by atoms with Crippen LogP contribution in [0.3, 0.4) is 0 Å². The minimum absolute atomic E-state index is 0.439. The van der Waals surface area contributed by atoms with Gasteiger partial charge < -0.3 is 5.21 Å². The maximum absolute atomic E-state index is 8.95. The predicted molar refractivity (Wildman–Crippen MR) is 69.4 cm³/mol. The molecule has 17 heavy (non-hydrogen) atoms. The Balaban J connectivity index is 2.20. The molecule has 2 aromatic rings. The molecular formula is C14H12N2O. The molecular weight excluding hydrogens is 212 g/mol. The van der Waals surface area contributed by atoms with Gasteiger partial charge in [0.25, 0.3) is 0 Å². The highest BCUT2D eigenvalue weighted by Crippen LogP contribution is 2.09. The monoisotopic (exact) mass is 224 g/mol. The summed E-state index contributed by atoms with van der Waals surface area (Å²) in [5.74, 6) is 0. The molecule has 3 nitrogen and oxygen atoms in total. The largest absolute Gasteiger partial charge is 0.410 e. The van der Waals surface area contributed by atoms with Crippen LogP contribution in [0.1, 0.15) is 5.56 Å². The molecule has 3 heteroatoms. The summed E-state index contributed by atoms with van der Waals surface area (Å²) in [4.78, 5) is 4.24. The van der Waals surface area contributed by atoms with Crippen molar-refractivity contribution >= 4 is 17.6 Å². The van der Waals surface area contributed by atoms with Crippen LogP contribution >= 0.6 is 0 Å². The first-order valence-electron chi connectivity index (χ1n) is 5.27. The van der Waals surface area contributed by atoms with E-state index >= 15 is 0 Å². The lowest BCUT2D eigenvalue weighted by atomic mass is 10.1. The number of nitrogens with zero attached hydrogens (tertiary/aromatic N) is 2. The van der Waals surface area contributed by atoms with E-state index in [9.17, 15) is 0 Å². The topological polar surface area (TPSA) is 45.0 Å². The van der Waals surface area contributed by atoms with Crippen LogP contribution in [0.2, 0.25) is 0 Å². The minimum atomic E-state index is 0.439. The molecule has 0 saturated carbocycles. The van der Waals surface area contributed by atoms with Gasteiger partial charge in [-0.15, -0.1) is 0 Å². The fourth-order valence-electron chi connectivity index (χ4n) is 1.42. The van der Waals surface area contributed by atoms with Gasteiger partial charge in [-0.1, -0.05) is 53.7 Å². The summed E-state index contributed by atoms with van der Waals surface area (Å²) in [6.45, 7) is 0. The van der Waals surface area contributed by atoms with Gasteiger partial charge in [0.2, 0.25) is 0 Å². The number of rotatable bonds is 3. The molecule has 84 valence electrons. The lowest BCUT2D eigenvalue weighted by Crippen LogP contribution is -2.01. The summed E-state index contributed by atoms with van der Waals surface area (Å²) < 4.78 is 0. The Morgan fingerprint density at radius 2 is 1.47 bits per heavy atom. The van der Waals surface area contributed by atoms with Gasteiger partial charge in [-0.25, -0.2) is 0 Å². The molecule has 0 spiro atoms. The molecule has 0 bridgehead atoms. The molecule has 0 saturated heterocycles. The molecule has 0 heterocycles. The fraction of sp³-hybridized carbons (Fsp3) is 0. The number of hydrogen-bond acceptors (Lipinski definition) is 3. The van der Waals surface area contributed by atoms with Crippen molar-refractivity contribution < 1.29 is 5.21 Å². The Kier molecular flexibility index (Phi) is 3.65. The summed E-state index contributed by atoms with van der Waals surface area (Å²) in [6, 6.07) is 18.9. The van der Waals surface area contributed by atoms with Crippen LogP contribution in [0.25, 0.3) is 0 Å². The van der Waals surface area contributed by atoms with Gasteiger partial charge in [-0.3, -0.25) is 4.99 Å². The zero-order chi connectivity index (χ0) is 11.9. The van der Waals surface area contributed by atoms with E-state index in [0.717, 1.165) is 11.3 Å². The number of oxime groups is 1. The fourth-order valence-corrected chi connectivity index (χ4v) is 1.42. The summed E-state index contributed by atoms with van der Waals surface area (Å²) in [5.41, 5.74) is 2.09. The molecule has 0 atom stereocenters. The average Bonchev–Trinajstić information content (AvgIpc) is 2.42. The summed E-state index contributed by atoms with van der Waals surface area (Å²) in [6.07, 6.45) is 1.55. The van der Waals surface area contributed by atoms with Gasteiger partial charge >= 0.3 is 0 Å². The molecule has 0 aliphatic carbocycles. The van der Waals surface area contributed by atoms with Crippen molar-refractivity contribution in [2.75, 3.05) is 0 Å². The van der Waals surface area contributed by atoms with Gasteiger partial charge in [-0.2, -0.15) is 0 Å². The maximum Gasteiger partial charge on any atom is 0.128 e. The van der Waals surface area contributed by atoms with Crippen LogP contribution in [0.5, 0.6) is 0 Å². The highest BCUT2D eigenvalue weighted by Gasteiger charge is 1.99. The van der Waals surface area contributed by atoms with Gasteiger partial charge in [0.05, 0.1) is 11.9 Å². The molecule has 2 rings (SSSR count). The maximum atomic E-state index is 8.95. The Morgan fingerprint density at radius 1 is 0.882 bits per heavy atom. The standard InChI is InChI=1S/C14H12N2O/c17-16-14(12-7-3-1-4-8-12)11-15-13-9-5-2-6-10-13/h1-11,17H. The molecule has 0 aromatic heterocycles. The molecule has 0 aliphatic rings. The van der Waals surface area contributed by atoms with Gasteiger partial charge in [-0.05, 0) is 12.1 Å². The zero-order valence-corrected chi connectivity index (χ0v) is 9.19. The van der Waals surface area contributed by atoms with Crippen molar-refractivity contribution in [3.8, 4) is 0 Å². The Bertz CT molecular complexity index is 518. The Hall–Kier alpha value is -2.42. The minimum Gasteiger partial charge on any atom is -0.410 e. The van der Waals surface area contributed by atoms with Crippen LogP contribution in [-0.4, -0.2) is 17.1 Å². The predicted octanol–water partition coefficient (Wildman–Crippen LogP) is 3.27. The highest BCUT2D eigenvalue weighted by molar-refractivity contribution is 6.38. The first-order chi connectivity index (χ1) is 8.40. The van der Waals surface area contributed by atoms with E-state index in [1.807, 2.05) is 60.7 Å². The lowest BCUT2D eigenvalue weighted by molar-refractivity contribution is 0.320. The van der Waals surface area contributed by atoms with E-state index in [-0.39, 0.29) is 0 Å². The third-order valence-corrected chi connectivity index (χ3v) is 2.27.